The summed E-state index contributed by atoms with van der Waals surface area (Å²) in [5.41, 5.74) is 0.763. The Morgan fingerprint density at radius 3 is 2.25 bits per heavy atom. The summed E-state index contributed by atoms with van der Waals surface area (Å²) in [5, 5.41) is 9.15. The van der Waals surface area contributed by atoms with Crippen molar-refractivity contribution in [3.8, 4) is 5.75 Å². The molecule has 0 aromatic heterocycles. The van der Waals surface area contributed by atoms with Gasteiger partial charge in [-0.1, -0.05) is 25.1 Å². The predicted octanol–water partition coefficient (Wildman–Crippen LogP) is 2.94. The van der Waals surface area contributed by atoms with Crippen LogP contribution < -0.4 is 4.74 Å². The molecular weight excluding hydrogens is 204 g/mol. The van der Waals surface area contributed by atoms with Gasteiger partial charge >= 0.3 is 5.97 Å². The Labute approximate surface area is 96.1 Å². The second kappa shape index (κ2) is 4.56. The molecule has 1 unspecified atom stereocenters. The molecule has 0 aliphatic rings. The highest BCUT2D eigenvalue weighted by atomic mass is 16.5. The summed E-state index contributed by atoms with van der Waals surface area (Å²) in [5.74, 6) is -0.257. The van der Waals surface area contributed by atoms with E-state index in [1.165, 1.54) is 0 Å². The molecular formula is C13H18O3. The fourth-order valence-corrected chi connectivity index (χ4v) is 1.45. The molecule has 3 nitrogen and oxygen atoms in total. The minimum atomic E-state index is -1.16. The Hall–Kier alpha value is -1.51. The van der Waals surface area contributed by atoms with Gasteiger partial charge in [-0.3, -0.25) is 0 Å². The van der Waals surface area contributed by atoms with Crippen LogP contribution in [-0.4, -0.2) is 16.7 Å². The highest BCUT2D eigenvalue weighted by Crippen LogP contribution is 2.28. The largest absolute Gasteiger partial charge is 0.478 e. The molecule has 0 heterocycles. The molecule has 0 saturated heterocycles. The van der Waals surface area contributed by atoms with Crippen molar-refractivity contribution in [3.63, 3.8) is 0 Å². The molecule has 0 spiro atoms. The van der Waals surface area contributed by atoms with Crippen LogP contribution in [0.1, 0.15) is 31.4 Å². The summed E-state index contributed by atoms with van der Waals surface area (Å²) in [6, 6.07) is 5.77. The number of hydrogen-bond acceptors (Lipinski definition) is 2. The average molecular weight is 222 g/mol. The van der Waals surface area contributed by atoms with E-state index in [0.29, 0.717) is 12.2 Å². The summed E-state index contributed by atoms with van der Waals surface area (Å²) >= 11 is 0. The number of para-hydroxylation sites is 1. The molecule has 1 aromatic rings. The molecule has 1 atom stereocenters. The molecule has 0 bridgehead atoms. The summed E-state index contributed by atoms with van der Waals surface area (Å²) in [6.45, 7) is 7.24. The van der Waals surface area contributed by atoms with E-state index in [9.17, 15) is 4.79 Å². The quantitative estimate of drug-likeness (QED) is 0.852. The van der Waals surface area contributed by atoms with Crippen LogP contribution in [0.3, 0.4) is 0 Å². The molecule has 0 radical (unpaired) electrons. The normalized spacial score (nSPS) is 14.2. The summed E-state index contributed by atoms with van der Waals surface area (Å²) in [7, 11) is 0. The first kappa shape index (κ1) is 12.6. The number of carboxylic acids is 1. The molecule has 0 fully saturated rings. The number of benzene rings is 1. The molecule has 88 valence electrons. The van der Waals surface area contributed by atoms with Gasteiger partial charge in [-0.05, 0) is 38.3 Å². The minimum Gasteiger partial charge on any atom is -0.478 e. The summed E-state index contributed by atoms with van der Waals surface area (Å²) < 4.78 is 5.67. The summed E-state index contributed by atoms with van der Waals surface area (Å²) in [6.07, 6.45) is 0.427. The van der Waals surface area contributed by atoms with Crippen molar-refractivity contribution in [3.05, 3.63) is 29.3 Å². The average Bonchev–Trinajstić information content (AvgIpc) is 2.23. The second-order valence-corrected chi connectivity index (χ2v) is 4.21. The SMILES string of the molecule is CCC(C)(Oc1c(C)cccc1C)C(=O)O. The summed E-state index contributed by atoms with van der Waals surface area (Å²) in [4.78, 5) is 11.2. The Kier molecular flexibility index (Phi) is 3.58. The Morgan fingerprint density at radius 2 is 1.88 bits per heavy atom. The van der Waals surface area contributed by atoms with E-state index in [0.717, 1.165) is 11.1 Å². The van der Waals surface area contributed by atoms with Gasteiger partial charge in [0.15, 0.2) is 0 Å². The van der Waals surface area contributed by atoms with Crippen LogP contribution in [0.5, 0.6) is 5.75 Å². The molecule has 1 aromatic carbocycles. The van der Waals surface area contributed by atoms with Crippen molar-refractivity contribution < 1.29 is 14.6 Å². The van der Waals surface area contributed by atoms with E-state index in [1.54, 1.807) is 6.92 Å². The standard InChI is InChI=1S/C13H18O3/c1-5-13(4,12(14)15)16-11-9(2)7-6-8-10(11)3/h6-8H,5H2,1-4H3,(H,14,15). The van der Waals surface area contributed by atoms with E-state index in [-0.39, 0.29) is 0 Å². The van der Waals surface area contributed by atoms with Gasteiger partial charge in [0.1, 0.15) is 5.75 Å². The van der Waals surface area contributed by atoms with Crippen LogP contribution in [0.15, 0.2) is 18.2 Å². The number of hydrogen-bond donors (Lipinski definition) is 1. The van der Waals surface area contributed by atoms with Crippen LogP contribution in [0, 0.1) is 13.8 Å². The Balaban J connectivity index is 3.08. The van der Waals surface area contributed by atoms with Gasteiger partial charge in [-0.15, -0.1) is 0 Å². The maximum absolute atomic E-state index is 11.2. The molecule has 0 saturated carbocycles. The van der Waals surface area contributed by atoms with Crippen LogP contribution in [0.2, 0.25) is 0 Å². The first-order valence-electron chi connectivity index (χ1n) is 5.39. The predicted molar refractivity (Wildman–Crippen MR) is 62.9 cm³/mol. The topological polar surface area (TPSA) is 46.5 Å². The number of ether oxygens (including phenoxy) is 1. The smallest absolute Gasteiger partial charge is 0.347 e. The third-order valence-electron chi connectivity index (χ3n) is 2.86. The van der Waals surface area contributed by atoms with Gasteiger partial charge < -0.3 is 9.84 Å². The lowest BCUT2D eigenvalue weighted by molar-refractivity contribution is -0.154. The fourth-order valence-electron chi connectivity index (χ4n) is 1.45. The minimum absolute atomic E-state index is 0.427. The lowest BCUT2D eigenvalue weighted by Crippen LogP contribution is -2.41. The van der Waals surface area contributed by atoms with Gasteiger partial charge in [0.25, 0.3) is 0 Å². The number of carboxylic acid groups (broad SMARTS) is 1. The monoisotopic (exact) mass is 222 g/mol. The molecule has 0 aliphatic carbocycles. The van der Waals surface area contributed by atoms with Gasteiger partial charge in [-0.2, -0.15) is 0 Å². The number of carbonyl (C=O) groups is 1. The van der Waals surface area contributed by atoms with Crippen LogP contribution in [0.4, 0.5) is 0 Å². The zero-order valence-electron chi connectivity index (χ0n) is 10.2. The number of aliphatic carboxylic acids is 1. The van der Waals surface area contributed by atoms with Gasteiger partial charge in [0, 0.05) is 0 Å². The highest BCUT2D eigenvalue weighted by molar-refractivity contribution is 5.77. The van der Waals surface area contributed by atoms with Gasteiger partial charge in [0.2, 0.25) is 5.60 Å². The van der Waals surface area contributed by atoms with Crippen LogP contribution in [0.25, 0.3) is 0 Å². The number of aryl methyl sites for hydroxylation is 2. The van der Waals surface area contributed by atoms with E-state index in [1.807, 2.05) is 39.0 Å². The van der Waals surface area contributed by atoms with Crippen molar-refractivity contribution in [2.45, 2.75) is 39.7 Å². The van der Waals surface area contributed by atoms with Crippen LogP contribution >= 0.6 is 0 Å². The first-order chi connectivity index (χ1) is 7.40. The number of rotatable bonds is 4. The zero-order valence-corrected chi connectivity index (χ0v) is 10.2. The third-order valence-corrected chi connectivity index (χ3v) is 2.86. The van der Waals surface area contributed by atoms with Crippen molar-refractivity contribution in [2.24, 2.45) is 0 Å². The van der Waals surface area contributed by atoms with E-state index in [2.05, 4.69) is 0 Å². The lowest BCUT2D eigenvalue weighted by Gasteiger charge is -2.26. The second-order valence-electron chi connectivity index (χ2n) is 4.21. The first-order valence-corrected chi connectivity index (χ1v) is 5.39. The molecule has 16 heavy (non-hydrogen) atoms. The van der Waals surface area contributed by atoms with E-state index >= 15 is 0 Å². The molecule has 0 aliphatic heterocycles. The molecule has 1 rings (SSSR count). The Bertz CT molecular complexity index is 378. The van der Waals surface area contributed by atoms with E-state index < -0.39 is 11.6 Å². The van der Waals surface area contributed by atoms with Crippen molar-refractivity contribution in [2.75, 3.05) is 0 Å². The molecule has 3 heteroatoms. The van der Waals surface area contributed by atoms with Crippen molar-refractivity contribution in [1.29, 1.82) is 0 Å². The third kappa shape index (κ3) is 2.35. The maximum Gasteiger partial charge on any atom is 0.347 e. The Morgan fingerprint density at radius 1 is 1.38 bits per heavy atom. The van der Waals surface area contributed by atoms with Gasteiger partial charge in [-0.25, -0.2) is 4.79 Å². The van der Waals surface area contributed by atoms with Crippen molar-refractivity contribution in [1.82, 2.24) is 0 Å². The fraction of sp³-hybridized carbons (Fsp3) is 0.462. The lowest BCUT2D eigenvalue weighted by atomic mass is 10.0. The highest BCUT2D eigenvalue weighted by Gasteiger charge is 2.34. The maximum atomic E-state index is 11.2. The molecule has 0 amide bonds. The van der Waals surface area contributed by atoms with Crippen LogP contribution in [-0.2, 0) is 4.79 Å². The van der Waals surface area contributed by atoms with Crippen molar-refractivity contribution >= 4 is 5.97 Å². The zero-order chi connectivity index (χ0) is 12.3. The molecule has 1 N–H and O–H groups in total. The van der Waals surface area contributed by atoms with E-state index in [4.69, 9.17) is 9.84 Å². The van der Waals surface area contributed by atoms with Gasteiger partial charge in [0.05, 0.1) is 0 Å².